The highest BCUT2D eigenvalue weighted by Gasteiger charge is 2.23. The fourth-order valence-corrected chi connectivity index (χ4v) is 4.60. The Morgan fingerprint density at radius 3 is 2.82 bits per heavy atom. The number of hydrogen-bond donors (Lipinski definition) is 1. The molecule has 0 amide bonds. The van der Waals surface area contributed by atoms with Gasteiger partial charge in [-0.15, -0.1) is 11.3 Å². The highest BCUT2D eigenvalue weighted by atomic mass is 32.2. The maximum absolute atomic E-state index is 12.6. The molecule has 3 aromatic heterocycles. The summed E-state index contributed by atoms with van der Waals surface area (Å²) in [5.74, 6) is 0. The lowest BCUT2D eigenvalue weighted by atomic mass is 10.3. The molecule has 0 saturated heterocycles. The van der Waals surface area contributed by atoms with Gasteiger partial charge in [0.25, 0.3) is 10.0 Å². The van der Waals surface area contributed by atoms with Crippen molar-refractivity contribution in [1.29, 1.82) is 0 Å². The third-order valence-corrected chi connectivity index (χ3v) is 6.54. The minimum Gasteiger partial charge on any atom is -0.285 e. The molecule has 0 atom stereocenters. The second-order valence-corrected chi connectivity index (χ2v) is 8.04. The van der Waals surface area contributed by atoms with Crippen molar-refractivity contribution in [1.82, 2.24) is 19.5 Å². The zero-order valence-corrected chi connectivity index (χ0v) is 13.4. The smallest absolute Gasteiger partial charge is 0.252 e. The fourth-order valence-electron chi connectivity index (χ4n) is 1.96. The Morgan fingerprint density at radius 1 is 1.27 bits per heavy atom. The lowest BCUT2D eigenvalue weighted by Gasteiger charge is -2.15. The van der Waals surface area contributed by atoms with E-state index in [0.29, 0.717) is 9.90 Å². The van der Waals surface area contributed by atoms with Gasteiger partial charge in [-0.05, 0) is 24.3 Å². The number of aromatic amines is 1. The molecular weight excluding hydrogens is 320 g/mol. The van der Waals surface area contributed by atoms with Crippen LogP contribution in [0.2, 0.25) is 0 Å². The van der Waals surface area contributed by atoms with Gasteiger partial charge in [-0.1, -0.05) is 6.07 Å². The van der Waals surface area contributed by atoms with Gasteiger partial charge in [0, 0.05) is 29.9 Å². The molecule has 0 radical (unpaired) electrons. The van der Waals surface area contributed by atoms with E-state index in [1.54, 1.807) is 49.9 Å². The monoisotopic (exact) mass is 334 g/mol. The first-order chi connectivity index (χ1) is 10.6. The molecule has 114 valence electrons. The number of H-pyrrole nitrogens is 1. The van der Waals surface area contributed by atoms with Crippen molar-refractivity contribution < 1.29 is 8.42 Å². The number of hydrogen-bond acceptors (Lipinski definition) is 5. The molecular formula is C14H14N4O2S2. The van der Waals surface area contributed by atoms with Crippen molar-refractivity contribution in [3.63, 3.8) is 0 Å². The molecule has 3 rings (SSSR count). The standard InChI is InChI=1S/C14H14N4O2S2/c1-18(10-12-4-2-3-7-15-12)22(19,20)14-6-5-13(21-14)11-8-16-17-9-11/h2-9H,10H2,1H3,(H,16,17). The van der Waals surface area contributed by atoms with Crippen LogP contribution in [0.3, 0.4) is 0 Å². The summed E-state index contributed by atoms with van der Waals surface area (Å²) in [5.41, 5.74) is 1.58. The van der Waals surface area contributed by atoms with Crippen LogP contribution in [0.4, 0.5) is 0 Å². The number of nitrogens with one attached hydrogen (secondary N) is 1. The lowest BCUT2D eigenvalue weighted by molar-refractivity contribution is 0.464. The van der Waals surface area contributed by atoms with Crippen LogP contribution >= 0.6 is 11.3 Å². The van der Waals surface area contributed by atoms with Crippen LogP contribution in [-0.2, 0) is 16.6 Å². The maximum atomic E-state index is 12.6. The van der Waals surface area contributed by atoms with Crippen LogP contribution in [0.15, 0.2) is 53.1 Å². The number of thiophene rings is 1. The van der Waals surface area contributed by atoms with Crippen molar-refractivity contribution in [2.45, 2.75) is 10.8 Å². The van der Waals surface area contributed by atoms with Crippen LogP contribution in [0.25, 0.3) is 10.4 Å². The number of rotatable bonds is 5. The Labute approximate surface area is 132 Å². The summed E-state index contributed by atoms with van der Waals surface area (Å²) in [6.45, 7) is 0.238. The molecule has 0 aromatic carbocycles. The molecule has 6 nitrogen and oxygen atoms in total. The topological polar surface area (TPSA) is 79.0 Å². The Balaban J connectivity index is 1.83. The van der Waals surface area contributed by atoms with Gasteiger partial charge in [0.1, 0.15) is 4.21 Å². The molecule has 0 saturated carbocycles. The quantitative estimate of drug-likeness (QED) is 0.777. The third-order valence-electron chi connectivity index (χ3n) is 3.14. The van der Waals surface area contributed by atoms with E-state index in [9.17, 15) is 8.42 Å². The van der Waals surface area contributed by atoms with Crippen LogP contribution in [0.5, 0.6) is 0 Å². The van der Waals surface area contributed by atoms with Crippen LogP contribution in [-0.4, -0.2) is 35.0 Å². The van der Waals surface area contributed by atoms with Crippen molar-refractivity contribution >= 4 is 21.4 Å². The van der Waals surface area contributed by atoms with Gasteiger partial charge in [0.2, 0.25) is 0 Å². The van der Waals surface area contributed by atoms with E-state index in [1.807, 2.05) is 6.07 Å². The first-order valence-electron chi connectivity index (χ1n) is 6.52. The summed E-state index contributed by atoms with van der Waals surface area (Å²) >= 11 is 1.23. The minimum atomic E-state index is -3.53. The summed E-state index contributed by atoms with van der Waals surface area (Å²) in [5, 5.41) is 6.59. The number of pyridine rings is 1. The van der Waals surface area contributed by atoms with Gasteiger partial charge in [-0.3, -0.25) is 10.1 Å². The third kappa shape index (κ3) is 2.94. The largest absolute Gasteiger partial charge is 0.285 e. The summed E-state index contributed by atoms with van der Waals surface area (Å²) in [6, 6.07) is 8.85. The molecule has 8 heteroatoms. The highest BCUT2D eigenvalue weighted by Crippen LogP contribution is 2.31. The summed E-state index contributed by atoms with van der Waals surface area (Å²) < 4.78 is 26.8. The normalized spacial score (nSPS) is 11.9. The maximum Gasteiger partial charge on any atom is 0.252 e. The van der Waals surface area contributed by atoms with E-state index < -0.39 is 10.0 Å². The summed E-state index contributed by atoms with van der Waals surface area (Å²) in [6.07, 6.45) is 5.05. The average molecular weight is 334 g/mol. The Bertz CT molecular complexity index is 842. The molecule has 3 heterocycles. The number of nitrogens with zero attached hydrogens (tertiary/aromatic N) is 3. The average Bonchev–Trinajstić information content (AvgIpc) is 3.19. The Hall–Kier alpha value is -2.03. The lowest BCUT2D eigenvalue weighted by Crippen LogP contribution is -2.26. The SMILES string of the molecule is CN(Cc1ccccn1)S(=O)(=O)c1ccc(-c2cn[nH]c2)s1. The van der Waals surface area contributed by atoms with Crippen molar-refractivity contribution in [3.05, 3.63) is 54.6 Å². The molecule has 0 aliphatic heterocycles. The number of sulfonamides is 1. The fraction of sp³-hybridized carbons (Fsp3) is 0.143. The molecule has 1 N–H and O–H groups in total. The van der Waals surface area contributed by atoms with Gasteiger partial charge in [0.05, 0.1) is 18.4 Å². The van der Waals surface area contributed by atoms with Crippen LogP contribution < -0.4 is 0 Å². The molecule has 0 spiro atoms. The van der Waals surface area contributed by atoms with Crippen molar-refractivity contribution in [2.75, 3.05) is 7.05 Å². The summed E-state index contributed by atoms with van der Waals surface area (Å²) in [4.78, 5) is 5.02. The van der Waals surface area contributed by atoms with E-state index in [4.69, 9.17) is 0 Å². The molecule has 22 heavy (non-hydrogen) atoms. The van der Waals surface area contributed by atoms with Crippen LogP contribution in [0, 0.1) is 0 Å². The predicted octanol–water partition coefficient (Wildman–Crippen LogP) is 2.35. The molecule has 0 unspecified atom stereocenters. The Morgan fingerprint density at radius 2 is 2.14 bits per heavy atom. The van der Waals surface area contributed by atoms with Gasteiger partial charge >= 0.3 is 0 Å². The second-order valence-electron chi connectivity index (χ2n) is 4.69. The molecule has 0 bridgehead atoms. The first-order valence-corrected chi connectivity index (χ1v) is 8.78. The van der Waals surface area contributed by atoms with Gasteiger partial charge in [0.15, 0.2) is 0 Å². The zero-order chi connectivity index (χ0) is 15.6. The molecule has 0 aliphatic carbocycles. The highest BCUT2D eigenvalue weighted by molar-refractivity contribution is 7.91. The zero-order valence-electron chi connectivity index (χ0n) is 11.8. The van der Waals surface area contributed by atoms with E-state index in [-0.39, 0.29) is 6.54 Å². The first kappa shape index (κ1) is 14.9. The molecule has 3 aromatic rings. The van der Waals surface area contributed by atoms with Crippen LogP contribution in [0.1, 0.15) is 5.69 Å². The molecule has 0 aliphatic rings. The second kappa shape index (κ2) is 5.99. The van der Waals surface area contributed by atoms with Crippen molar-refractivity contribution in [3.8, 4) is 10.4 Å². The van der Waals surface area contributed by atoms with Gasteiger partial charge in [-0.25, -0.2) is 8.42 Å². The number of aromatic nitrogens is 3. The van der Waals surface area contributed by atoms with Gasteiger partial charge in [-0.2, -0.15) is 9.40 Å². The Kier molecular flexibility index (Phi) is 4.06. The predicted molar refractivity (Wildman–Crippen MR) is 84.8 cm³/mol. The van der Waals surface area contributed by atoms with Crippen molar-refractivity contribution in [2.24, 2.45) is 0 Å². The van der Waals surface area contributed by atoms with Gasteiger partial charge < -0.3 is 0 Å². The van der Waals surface area contributed by atoms with E-state index in [2.05, 4.69) is 15.2 Å². The summed E-state index contributed by atoms with van der Waals surface area (Å²) in [7, 11) is -1.97. The van der Waals surface area contributed by atoms with E-state index >= 15 is 0 Å². The van der Waals surface area contributed by atoms with E-state index in [1.165, 1.54) is 15.6 Å². The minimum absolute atomic E-state index is 0.238. The molecule has 0 fully saturated rings. The van der Waals surface area contributed by atoms with E-state index in [0.717, 1.165) is 10.4 Å².